The molecule has 3 atom stereocenters. The van der Waals surface area contributed by atoms with Gasteiger partial charge in [0.05, 0.1) is 12.1 Å². The van der Waals surface area contributed by atoms with E-state index in [1.807, 2.05) is 0 Å². The summed E-state index contributed by atoms with van der Waals surface area (Å²) in [5, 5.41) is 7.22. The van der Waals surface area contributed by atoms with E-state index in [9.17, 15) is 28.0 Å². The lowest BCUT2D eigenvalue weighted by molar-refractivity contribution is -0.152. The molecule has 0 spiro atoms. The summed E-state index contributed by atoms with van der Waals surface area (Å²) in [7, 11) is 1.52. The van der Waals surface area contributed by atoms with E-state index >= 15 is 0 Å². The number of halogens is 2. The van der Waals surface area contributed by atoms with Crippen LogP contribution < -0.4 is 16.0 Å². The molecule has 33 heavy (non-hydrogen) atoms. The molecule has 3 N–H and O–H groups in total. The quantitative estimate of drug-likeness (QED) is 0.527. The van der Waals surface area contributed by atoms with E-state index in [2.05, 4.69) is 16.0 Å². The monoisotopic (exact) mass is 464 g/mol. The Balaban J connectivity index is 1.37. The fourth-order valence-electron chi connectivity index (χ4n) is 4.54. The summed E-state index contributed by atoms with van der Waals surface area (Å²) in [5.74, 6) is -6.13. The molecule has 178 valence electrons. The second-order valence-corrected chi connectivity index (χ2v) is 8.59. The third-order valence-corrected chi connectivity index (χ3v) is 6.48. The standard InChI is InChI=1S/C22H26F2N4O5/c1-33-14-3-6-17(25-10-14)22(23,24)21(32)26-9-12-2-4-15-13(8-12)11-28(20(15)31)16-5-7-18(29)27-19(16)30/h2,4,8,14,16-17,25H,3,5-7,9-11H2,1H3,(H,26,32)(H,27,29,30). The fourth-order valence-corrected chi connectivity index (χ4v) is 4.54. The highest BCUT2D eigenvalue weighted by atomic mass is 19.3. The number of piperidine rings is 2. The first kappa shape index (κ1) is 23.2. The number of hydrogen-bond acceptors (Lipinski definition) is 6. The largest absolute Gasteiger partial charge is 0.380 e. The van der Waals surface area contributed by atoms with Gasteiger partial charge in [-0.1, -0.05) is 12.1 Å². The highest BCUT2D eigenvalue weighted by Crippen LogP contribution is 2.29. The number of carbonyl (C=O) groups excluding carboxylic acids is 4. The number of benzene rings is 1. The van der Waals surface area contributed by atoms with Gasteiger partial charge in [-0.15, -0.1) is 0 Å². The average Bonchev–Trinajstić information content (AvgIpc) is 3.12. The molecule has 9 nitrogen and oxygen atoms in total. The Kier molecular flexibility index (Phi) is 6.44. The predicted molar refractivity (Wildman–Crippen MR) is 111 cm³/mol. The number of methoxy groups -OCH3 is 1. The second kappa shape index (κ2) is 9.14. The number of carbonyl (C=O) groups is 4. The summed E-state index contributed by atoms with van der Waals surface area (Å²) in [6.07, 6.45) is 0.830. The van der Waals surface area contributed by atoms with E-state index < -0.39 is 29.8 Å². The van der Waals surface area contributed by atoms with Gasteiger partial charge in [0.15, 0.2) is 0 Å². The normalized spacial score (nSPS) is 25.6. The van der Waals surface area contributed by atoms with Crippen molar-refractivity contribution in [3.05, 3.63) is 34.9 Å². The number of rotatable bonds is 6. The molecule has 2 saturated heterocycles. The number of nitrogens with zero attached hydrogens (tertiary/aromatic N) is 1. The van der Waals surface area contributed by atoms with Crippen molar-refractivity contribution >= 4 is 23.6 Å². The van der Waals surface area contributed by atoms with Crippen molar-refractivity contribution in [1.29, 1.82) is 0 Å². The van der Waals surface area contributed by atoms with Crippen LogP contribution in [0.5, 0.6) is 0 Å². The van der Waals surface area contributed by atoms with Crippen molar-refractivity contribution in [3.8, 4) is 0 Å². The molecule has 0 aromatic heterocycles. The second-order valence-electron chi connectivity index (χ2n) is 8.59. The molecule has 4 rings (SSSR count). The summed E-state index contributed by atoms with van der Waals surface area (Å²) in [5.41, 5.74) is 1.62. The maximum absolute atomic E-state index is 14.6. The summed E-state index contributed by atoms with van der Waals surface area (Å²) >= 11 is 0. The summed E-state index contributed by atoms with van der Waals surface area (Å²) < 4.78 is 34.3. The Bertz CT molecular complexity index is 978. The van der Waals surface area contributed by atoms with E-state index in [4.69, 9.17) is 4.74 Å². The van der Waals surface area contributed by atoms with Crippen LogP contribution >= 0.6 is 0 Å². The van der Waals surface area contributed by atoms with Crippen LogP contribution in [-0.4, -0.2) is 66.3 Å². The van der Waals surface area contributed by atoms with E-state index in [1.165, 1.54) is 12.0 Å². The van der Waals surface area contributed by atoms with Gasteiger partial charge in [-0.2, -0.15) is 8.78 Å². The Morgan fingerprint density at radius 3 is 2.70 bits per heavy atom. The Hall–Kier alpha value is -2.92. The van der Waals surface area contributed by atoms with Gasteiger partial charge in [0.2, 0.25) is 11.8 Å². The number of amides is 4. The van der Waals surface area contributed by atoms with Crippen LogP contribution in [0.3, 0.4) is 0 Å². The molecular formula is C22H26F2N4O5. The van der Waals surface area contributed by atoms with Crippen LogP contribution in [0.4, 0.5) is 8.78 Å². The fraction of sp³-hybridized carbons (Fsp3) is 0.545. The van der Waals surface area contributed by atoms with Gasteiger partial charge in [0.25, 0.3) is 11.8 Å². The molecule has 11 heteroatoms. The van der Waals surface area contributed by atoms with Gasteiger partial charge in [-0.05, 0) is 36.5 Å². The van der Waals surface area contributed by atoms with E-state index in [-0.39, 0.29) is 56.8 Å². The lowest BCUT2D eigenvalue weighted by Crippen LogP contribution is -2.57. The molecule has 0 saturated carbocycles. The molecule has 3 heterocycles. The zero-order valence-corrected chi connectivity index (χ0v) is 18.2. The van der Waals surface area contributed by atoms with E-state index in [0.717, 1.165) is 0 Å². The van der Waals surface area contributed by atoms with Crippen molar-refractivity contribution in [1.82, 2.24) is 20.9 Å². The van der Waals surface area contributed by atoms with Gasteiger partial charge in [-0.3, -0.25) is 24.5 Å². The molecule has 3 unspecified atom stereocenters. The van der Waals surface area contributed by atoms with Crippen molar-refractivity contribution in [2.45, 2.75) is 62.9 Å². The van der Waals surface area contributed by atoms with Crippen LogP contribution in [0.2, 0.25) is 0 Å². The summed E-state index contributed by atoms with van der Waals surface area (Å²) in [6, 6.07) is 2.83. The van der Waals surface area contributed by atoms with Crippen molar-refractivity contribution in [2.24, 2.45) is 0 Å². The smallest absolute Gasteiger partial charge is 0.339 e. The molecule has 0 aliphatic carbocycles. The third kappa shape index (κ3) is 4.60. The lowest BCUT2D eigenvalue weighted by atomic mass is 9.96. The minimum Gasteiger partial charge on any atom is -0.380 e. The van der Waals surface area contributed by atoms with Gasteiger partial charge in [0, 0.05) is 38.7 Å². The van der Waals surface area contributed by atoms with Gasteiger partial charge < -0.3 is 20.3 Å². The zero-order chi connectivity index (χ0) is 23.8. The lowest BCUT2D eigenvalue weighted by Gasteiger charge is -2.33. The highest BCUT2D eigenvalue weighted by molar-refractivity contribution is 6.05. The van der Waals surface area contributed by atoms with Crippen LogP contribution in [0.1, 0.15) is 47.2 Å². The van der Waals surface area contributed by atoms with Gasteiger partial charge in [-0.25, -0.2) is 0 Å². The van der Waals surface area contributed by atoms with Crippen LogP contribution in [-0.2, 0) is 32.2 Å². The molecule has 4 amide bonds. The Labute approximate surface area is 189 Å². The summed E-state index contributed by atoms with van der Waals surface area (Å²) in [4.78, 5) is 49.9. The average molecular weight is 464 g/mol. The minimum atomic E-state index is -3.58. The molecular weight excluding hydrogens is 438 g/mol. The predicted octanol–water partition coefficient (Wildman–Crippen LogP) is 0.466. The van der Waals surface area contributed by atoms with Crippen LogP contribution in [0.15, 0.2) is 18.2 Å². The maximum atomic E-state index is 14.6. The molecule has 1 aromatic carbocycles. The zero-order valence-electron chi connectivity index (χ0n) is 18.2. The SMILES string of the molecule is COC1CCC(C(F)(F)C(=O)NCc2ccc3c(c2)CN(C2CCC(=O)NC2=O)C3=O)NC1. The molecule has 3 aliphatic rings. The van der Waals surface area contributed by atoms with Crippen LogP contribution in [0, 0.1) is 0 Å². The first-order valence-corrected chi connectivity index (χ1v) is 10.9. The summed E-state index contributed by atoms with van der Waals surface area (Å²) in [6.45, 7) is 0.305. The number of imide groups is 1. The topological polar surface area (TPSA) is 117 Å². The Morgan fingerprint density at radius 1 is 1.24 bits per heavy atom. The molecule has 3 aliphatic heterocycles. The van der Waals surface area contributed by atoms with Crippen molar-refractivity contribution in [3.63, 3.8) is 0 Å². The molecule has 1 aromatic rings. The van der Waals surface area contributed by atoms with Crippen LogP contribution in [0.25, 0.3) is 0 Å². The number of fused-ring (bicyclic) bond motifs is 1. The molecule has 2 fully saturated rings. The number of nitrogens with one attached hydrogen (secondary N) is 3. The van der Waals surface area contributed by atoms with Gasteiger partial charge in [0.1, 0.15) is 6.04 Å². The van der Waals surface area contributed by atoms with Crippen molar-refractivity contribution < 1.29 is 32.7 Å². The first-order chi connectivity index (χ1) is 15.7. The molecule has 0 bridgehead atoms. The maximum Gasteiger partial charge on any atom is 0.339 e. The molecule has 0 radical (unpaired) electrons. The van der Waals surface area contributed by atoms with E-state index in [1.54, 1.807) is 18.2 Å². The van der Waals surface area contributed by atoms with Crippen molar-refractivity contribution in [2.75, 3.05) is 13.7 Å². The minimum absolute atomic E-state index is 0.121. The number of ether oxygens (including phenoxy) is 1. The Morgan fingerprint density at radius 2 is 2.03 bits per heavy atom. The highest BCUT2D eigenvalue weighted by Gasteiger charge is 2.48. The first-order valence-electron chi connectivity index (χ1n) is 10.9. The number of alkyl halides is 2. The van der Waals surface area contributed by atoms with Gasteiger partial charge >= 0.3 is 5.92 Å². The van der Waals surface area contributed by atoms with E-state index in [0.29, 0.717) is 23.1 Å². The third-order valence-electron chi connectivity index (χ3n) is 6.48. The number of hydrogen-bond donors (Lipinski definition) is 3.